The molecule has 0 bridgehead atoms. The molecular formula is C24H20ClNO5S. The van der Waals surface area contributed by atoms with Crippen molar-refractivity contribution in [3.8, 4) is 22.6 Å². The van der Waals surface area contributed by atoms with Gasteiger partial charge in [-0.15, -0.1) is 11.3 Å². The topological polar surface area (TPSA) is 84.9 Å². The molecule has 32 heavy (non-hydrogen) atoms. The smallest absolute Gasteiger partial charge is 0.346 e. The summed E-state index contributed by atoms with van der Waals surface area (Å²) in [5, 5.41) is 13.4. The van der Waals surface area contributed by atoms with Crippen LogP contribution in [0.15, 0.2) is 55.1 Å². The number of nitrogens with one attached hydrogen (secondary N) is 1. The number of para-hydroxylation sites is 1. The largest absolute Gasteiger partial charge is 0.493 e. The number of anilines is 1. The van der Waals surface area contributed by atoms with Gasteiger partial charge >= 0.3 is 5.97 Å². The number of halogens is 1. The second-order valence-corrected chi connectivity index (χ2v) is 8.63. The Morgan fingerprint density at radius 2 is 2.06 bits per heavy atom. The lowest BCUT2D eigenvalue weighted by molar-refractivity contribution is -0.116. The lowest BCUT2D eigenvalue weighted by Crippen LogP contribution is -2.23. The number of methoxy groups -OCH3 is 1. The van der Waals surface area contributed by atoms with Crippen LogP contribution in [0.2, 0.25) is 5.02 Å². The molecule has 4 rings (SSSR count). The van der Waals surface area contributed by atoms with Gasteiger partial charge in [-0.2, -0.15) is 0 Å². The maximum atomic E-state index is 12.7. The highest BCUT2D eigenvalue weighted by Gasteiger charge is 2.36. The third-order valence-corrected chi connectivity index (χ3v) is 6.73. The summed E-state index contributed by atoms with van der Waals surface area (Å²) in [6, 6.07) is 12.4. The summed E-state index contributed by atoms with van der Waals surface area (Å²) in [7, 11) is 1.55. The first-order valence-corrected chi connectivity index (χ1v) is 11.0. The molecular weight excluding hydrogens is 450 g/mol. The SMILES string of the molecule is C=CCOc1c(OC)cccc1C1CC(=O)Nc2c1sc(C(=O)O)c2-c1ccc(Cl)cc1. The number of benzene rings is 2. The normalized spacial score (nSPS) is 14.9. The van der Waals surface area contributed by atoms with Crippen molar-refractivity contribution in [1.29, 1.82) is 0 Å². The van der Waals surface area contributed by atoms with Crippen molar-refractivity contribution in [2.24, 2.45) is 0 Å². The number of carbonyl (C=O) groups excluding carboxylic acids is 1. The zero-order valence-electron chi connectivity index (χ0n) is 17.2. The molecule has 3 aromatic rings. The van der Waals surface area contributed by atoms with Gasteiger partial charge in [0.25, 0.3) is 0 Å². The predicted octanol–water partition coefficient (Wildman–Crippen LogP) is 5.81. The number of carboxylic acids is 1. The first kappa shape index (κ1) is 21.9. The minimum Gasteiger partial charge on any atom is -0.493 e. The molecule has 2 heterocycles. The third-order valence-electron chi connectivity index (χ3n) is 5.18. The van der Waals surface area contributed by atoms with E-state index in [-0.39, 0.29) is 23.8 Å². The lowest BCUT2D eigenvalue weighted by atomic mass is 9.88. The first-order valence-electron chi connectivity index (χ1n) is 9.81. The Hall–Kier alpha value is -3.29. The van der Waals surface area contributed by atoms with Crippen molar-refractivity contribution in [2.75, 3.05) is 19.0 Å². The fourth-order valence-corrected chi connectivity index (χ4v) is 5.21. The summed E-state index contributed by atoms with van der Waals surface area (Å²) in [4.78, 5) is 25.8. The van der Waals surface area contributed by atoms with Gasteiger partial charge in [-0.1, -0.05) is 48.5 Å². The molecule has 2 aromatic carbocycles. The Bertz CT molecular complexity index is 1200. The molecule has 6 nitrogen and oxygen atoms in total. The van der Waals surface area contributed by atoms with E-state index in [9.17, 15) is 14.7 Å². The van der Waals surface area contributed by atoms with Gasteiger partial charge < -0.3 is 19.9 Å². The average Bonchev–Trinajstić information content (AvgIpc) is 3.17. The molecule has 1 aliphatic rings. The quantitative estimate of drug-likeness (QED) is 0.426. The van der Waals surface area contributed by atoms with Gasteiger partial charge in [0.05, 0.1) is 12.8 Å². The number of fused-ring (bicyclic) bond motifs is 1. The van der Waals surface area contributed by atoms with E-state index >= 15 is 0 Å². The number of rotatable bonds is 7. The van der Waals surface area contributed by atoms with Crippen molar-refractivity contribution in [3.63, 3.8) is 0 Å². The van der Waals surface area contributed by atoms with Crippen molar-refractivity contribution >= 4 is 40.5 Å². The second kappa shape index (κ2) is 9.06. The van der Waals surface area contributed by atoms with Crippen LogP contribution in [0.4, 0.5) is 5.69 Å². The van der Waals surface area contributed by atoms with Gasteiger partial charge in [-0.25, -0.2) is 4.79 Å². The van der Waals surface area contributed by atoms with Crippen LogP contribution in [0.1, 0.15) is 32.5 Å². The highest BCUT2D eigenvalue weighted by atomic mass is 35.5. The molecule has 1 amide bonds. The Morgan fingerprint density at radius 3 is 2.72 bits per heavy atom. The minimum absolute atomic E-state index is 0.154. The molecule has 0 saturated carbocycles. The van der Waals surface area contributed by atoms with Crippen molar-refractivity contribution in [3.05, 3.63) is 75.5 Å². The summed E-state index contributed by atoms with van der Waals surface area (Å²) < 4.78 is 11.4. The number of carboxylic acid groups (broad SMARTS) is 1. The van der Waals surface area contributed by atoms with Gasteiger partial charge in [0.15, 0.2) is 11.5 Å². The lowest BCUT2D eigenvalue weighted by Gasteiger charge is -2.26. The van der Waals surface area contributed by atoms with E-state index in [1.165, 1.54) is 0 Å². The van der Waals surface area contributed by atoms with Gasteiger partial charge in [0.1, 0.15) is 11.5 Å². The van der Waals surface area contributed by atoms with Crippen LogP contribution < -0.4 is 14.8 Å². The fraction of sp³-hybridized carbons (Fsp3) is 0.167. The van der Waals surface area contributed by atoms with Crippen molar-refractivity contribution in [2.45, 2.75) is 12.3 Å². The minimum atomic E-state index is -1.06. The summed E-state index contributed by atoms with van der Waals surface area (Å²) >= 11 is 7.17. The van der Waals surface area contributed by atoms with Gasteiger partial charge in [0.2, 0.25) is 5.91 Å². The third kappa shape index (κ3) is 3.97. The summed E-state index contributed by atoms with van der Waals surface area (Å²) in [6.07, 6.45) is 1.78. The number of carbonyl (C=O) groups is 2. The molecule has 0 fully saturated rings. The van der Waals surface area contributed by atoms with Crippen LogP contribution in [0, 0.1) is 0 Å². The van der Waals surface area contributed by atoms with Crippen LogP contribution in [-0.2, 0) is 4.79 Å². The highest BCUT2D eigenvalue weighted by molar-refractivity contribution is 7.15. The number of amides is 1. The molecule has 164 valence electrons. The standard InChI is InChI=1S/C24H20ClNO5S/c1-3-11-31-21-15(5-4-6-17(21)30-2)16-12-18(27)26-20-19(13-7-9-14(25)10-8-13)23(24(28)29)32-22(16)20/h3-10,16H,1,11-12H2,2H3,(H,26,27)(H,28,29). The molecule has 0 saturated heterocycles. The maximum Gasteiger partial charge on any atom is 0.346 e. The molecule has 0 radical (unpaired) electrons. The van der Waals surface area contributed by atoms with Crippen LogP contribution in [0.5, 0.6) is 11.5 Å². The number of aromatic carboxylic acids is 1. The summed E-state index contributed by atoms with van der Waals surface area (Å²) in [5.41, 5.74) is 2.40. The Balaban J connectivity index is 1.93. The molecule has 0 spiro atoms. The van der Waals surface area contributed by atoms with Gasteiger partial charge in [-0.3, -0.25) is 4.79 Å². The summed E-state index contributed by atoms with van der Waals surface area (Å²) in [5.74, 6) is -0.609. The first-order chi connectivity index (χ1) is 15.4. The van der Waals surface area contributed by atoms with E-state index in [0.29, 0.717) is 33.3 Å². The maximum absolute atomic E-state index is 12.7. The number of thiophene rings is 1. The summed E-state index contributed by atoms with van der Waals surface area (Å²) in [6.45, 7) is 3.96. The Labute approximate surface area is 194 Å². The van der Waals surface area contributed by atoms with Crippen molar-refractivity contribution < 1.29 is 24.2 Å². The van der Waals surface area contributed by atoms with Crippen LogP contribution in [0.25, 0.3) is 11.1 Å². The monoisotopic (exact) mass is 469 g/mol. The number of ether oxygens (including phenoxy) is 2. The van der Waals surface area contributed by atoms with Gasteiger partial charge in [-0.05, 0) is 23.8 Å². The zero-order chi connectivity index (χ0) is 22.8. The second-order valence-electron chi connectivity index (χ2n) is 7.14. The van der Waals surface area contributed by atoms with E-state index in [4.69, 9.17) is 21.1 Å². The molecule has 1 atom stereocenters. The molecule has 8 heteroatoms. The molecule has 1 aromatic heterocycles. The van der Waals surface area contributed by atoms with Gasteiger partial charge in [0, 0.05) is 33.4 Å². The fourth-order valence-electron chi connectivity index (χ4n) is 3.85. The van der Waals surface area contributed by atoms with Crippen molar-refractivity contribution in [1.82, 2.24) is 0 Å². The highest BCUT2D eigenvalue weighted by Crippen LogP contribution is 2.51. The Morgan fingerprint density at radius 1 is 1.31 bits per heavy atom. The van der Waals surface area contributed by atoms with Crippen LogP contribution in [-0.4, -0.2) is 30.7 Å². The molecule has 1 unspecified atom stereocenters. The number of hydrogen-bond acceptors (Lipinski definition) is 5. The molecule has 0 aliphatic carbocycles. The Kier molecular flexibility index (Phi) is 6.21. The molecule has 2 N–H and O–H groups in total. The number of hydrogen-bond donors (Lipinski definition) is 2. The zero-order valence-corrected chi connectivity index (χ0v) is 18.8. The van der Waals surface area contributed by atoms with Crippen LogP contribution in [0.3, 0.4) is 0 Å². The van der Waals surface area contributed by atoms with E-state index in [0.717, 1.165) is 21.8 Å². The molecule has 1 aliphatic heterocycles. The van der Waals surface area contributed by atoms with E-state index in [1.54, 1.807) is 43.5 Å². The average molecular weight is 470 g/mol. The van der Waals surface area contributed by atoms with E-state index in [1.807, 2.05) is 12.1 Å². The predicted molar refractivity (Wildman–Crippen MR) is 126 cm³/mol. The van der Waals surface area contributed by atoms with Crippen LogP contribution >= 0.6 is 22.9 Å². The van der Waals surface area contributed by atoms with E-state index < -0.39 is 11.9 Å². The van der Waals surface area contributed by atoms with E-state index in [2.05, 4.69) is 11.9 Å².